The van der Waals surface area contributed by atoms with Gasteiger partial charge in [0, 0.05) is 24.6 Å². The maximum Gasteiger partial charge on any atom is 0.257 e. The van der Waals surface area contributed by atoms with Gasteiger partial charge in [-0.25, -0.2) is 0 Å². The Kier molecular flexibility index (Phi) is 7.33. The van der Waals surface area contributed by atoms with Crippen LogP contribution in [0, 0.1) is 6.92 Å². The number of amides is 2. The molecule has 5 heteroatoms. The number of benzene rings is 1. The van der Waals surface area contributed by atoms with Gasteiger partial charge in [-0.05, 0) is 37.0 Å². The molecule has 2 N–H and O–H groups in total. The number of carbonyl (C=O) groups is 2. The van der Waals surface area contributed by atoms with Crippen LogP contribution in [0.3, 0.4) is 0 Å². The maximum absolute atomic E-state index is 12.6. The summed E-state index contributed by atoms with van der Waals surface area (Å²) in [6, 6.07) is 7.53. The number of nitrogens with zero attached hydrogens (tertiary/aromatic N) is 1. The Bertz CT molecular complexity index is 772. The van der Waals surface area contributed by atoms with E-state index in [4.69, 9.17) is 0 Å². The van der Waals surface area contributed by atoms with Gasteiger partial charge in [-0.1, -0.05) is 44.9 Å². The molecule has 0 fully saturated rings. The standard InChI is InChI=1S/C21H27N3O2/c1-4-6-7-11-23-20(25)17-12-18(14-22-13-17)21(26)24-19-15(3)9-8-10-16(19)5-2/h8-10,12-14H,4-7,11H2,1-3H3,(H,23,25)(H,24,26). The minimum absolute atomic E-state index is 0.201. The largest absolute Gasteiger partial charge is 0.352 e. The molecule has 0 unspecified atom stereocenters. The maximum atomic E-state index is 12.6. The number of aromatic nitrogens is 1. The topological polar surface area (TPSA) is 71.1 Å². The molecule has 2 amide bonds. The first kappa shape index (κ1) is 19.6. The second-order valence-corrected chi connectivity index (χ2v) is 6.34. The smallest absolute Gasteiger partial charge is 0.257 e. The van der Waals surface area contributed by atoms with Crippen molar-refractivity contribution in [2.75, 3.05) is 11.9 Å². The minimum atomic E-state index is -0.262. The van der Waals surface area contributed by atoms with Crippen molar-refractivity contribution in [2.45, 2.75) is 46.5 Å². The van der Waals surface area contributed by atoms with Gasteiger partial charge in [0.05, 0.1) is 11.1 Å². The van der Waals surface area contributed by atoms with Crippen LogP contribution in [0.4, 0.5) is 5.69 Å². The van der Waals surface area contributed by atoms with E-state index in [2.05, 4.69) is 29.5 Å². The third kappa shape index (κ3) is 5.15. The molecule has 0 aliphatic carbocycles. The Morgan fingerprint density at radius 3 is 2.46 bits per heavy atom. The van der Waals surface area contributed by atoms with Gasteiger partial charge in [-0.3, -0.25) is 14.6 Å². The molecule has 2 aromatic rings. The van der Waals surface area contributed by atoms with E-state index in [-0.39, 0.29) is 11.8 Å². The highest BCUT2D eigenvalue weighted by Gasteiger charge is 2.13. The van der Waals surface area contributed by atoms with Gasteiger partial charge >= 0.3 is 0 Å². The van der Waals surface area contributed by atoms with Crippen molar-refractivity contribution < 1.29 is 9.59 Å². The van der Waals surface area contributed by atoms with Crippen molar-refractivity contribution in [3.8, 4) is 0 Å². The van der Waals surface area contributed by atoms with Gasteiger partial charge in [0.25, 0.3) is 11.8 Å². The van der Waals surface area contributed by atoms with Crippen molar-refractivity contribution in [3.63, 3.8) is 0 Å². The highest BCUT2D eigenvalue weighted by Crippen LogP contribution is 2.22. The molecule has 26 heavy (non-hydrogen) atoms. The lowest BCUT2D eigenvalue weighted by Gasteiger charge is -2.13. The second-order valence-electron chi connectivity index (χ2n) is 6.34. The average Bonchev–Trinajstić information content (AvgIpc) is 2.66. The van der Waals surface area contributed by atoms with Crippen LogP contribution in [-0.4, -0.2) is 23.3 Å². The first-order valence-corrected chi connectivity index (χ1v) is 9.19. The number of carbonyl (C=O) groups excluding carboxylic acids is 2. The van der Waals surface area contributed by atoms with Gasteiger partial charge in [-0.15, -0.1) is 0 Å². The van der Waals surface area contributed by atoms with Crippen LogP contribution in [0.2, 0.25) is 0 Å². The van der Waals surface area contributed by atoms with Crippen LogP contribution < -0.4 is 10.6 Å². The van der Waals surface area contributed by atoms with Crippen molar-refractivity contribution in [1.82, 2.24) is 10.3 Å². The predicted octanol–water partition coefficient (Wildman–Crippen LogP) is 4.12. The summed E-state index contributed by atoms with van der Waals surface area (Å²) < 4.78 is 0. The number of nitrogens with one attached hydrogen (secondary N) is 2. The fraction of sp³-hybridized carbons (Fsp3) is 0.381. The molecule has 0 aliphatic heterocycles. The van der Waals surface area contributed by atoms with E-state index in [1.54, 1.807) is 6.07 Å². The van der Waals surface area contributed by atoms with Gasteiger partial charge in [0.1, 0.15) is 0 Å². The first-order valence-electron chi connectivity index (χ1n) is 9.19. The Hall–Kier alpha value is -2.69. The molecule has 1 aromatic heterocycles. The number of pyridine rings is 1. The fourth-order valence-corrected chi connectivity index (χ4v) is 2.75. The van der Waals surface area contributed by atoms with E-state index in [1.165, 1.54) is 12.4 Å². The van der Waals surface area contributed by atoms with Crippen molar-refractivity contribution in [1.29, 1.82) is 0 Å². The SMILES string of the molecule is CCCCCNC(=O)c1cncc(C(=O)Nc2c(C)cccc2CC)c1. The molecular formula is C21H27N3O2. The molecule has 2 rings (SSSR count). The Balaban J connectivity index is 2.10. The molecule has 0 radical (unpaired) electrons. The van der Waals surface area contributed by atoms with Gasteiger partial charge in [0.15, 0.2) is 0 Å². The van der Waals surface area contributed by atoms with Crippen LogP contribution in [0.5, 0.6) is 0 Å². The van der Waals surface area contributed by atoms with Crippen LogP contribution in [-0.2, 0) is 6.42 Å². The Morgan fingerprint density at radius 2 is 1.77 bits per heavy atom. The molecular weight excluding hydrogens is 326 g/mol. The number of hydrogen-bond acceptors (Lipinski definition) is 3. The van der Waals surface area contributed by atoms with E-state index in [9.17, 15) is 9.59 Å². The van der Waals surface area contributed by atoms with E-state index in [0.717, 1.165) is 42.5 Å². The zero-order valence-electron chi connectivity index (χ0n) is 15.8. The van der Waals surface area contributed by atoms with Crippen molar-refractivity contribution in [3.05, 3.63) is 58.9 Å². The number of anilines is 1. The van der Waals surface area contributed by atoms with Crippen LogP contribution in [0.15, 0.2) is 36.7 Å². The zero-order chi connectivity index (χ0) is 18.9. The monoisotopic (exact) mass is 353 g/mol. The highest BCUT2D eigenvalue weighted by molar-refractivity contribution is 6.06. The van der Waals surface area contributed by atoms with Crippen LogP contribution in [0.1, 0.15) is 65.0 Å². The summed E-state index contributed by atoms with van der Waals surface area (Å²) in [7, 11) is 0. The molecule has 0 saturated carbocycles. The summed E-state index contributed by atoms with van der Waals surface area (Å²) in [4.78, 5) is 28.9. The molecule has 1 heterocycles. The number of unbranched alkanes of at least 4 members (excludes halogenated alkanes) is 2. The first-order chi connectivity index (χ1) is 12.6. The fourth-order valence-electron chi connectivity index (χ4n) is 2.75. The van der Waals surface area contributed by atoms with E-state index >= 15 is 0 Å². The molecule has 0 atom stereocenters. The quantitative estimate of drug-likeness (QED) is 0.701. The molecule has 0 bridgehead atoms. The Labute approximate surface area is 155 Å². The molecule has 0 spiro atoms. The summed E-state index contributed by atoms with van der Waals surface area (Å²) in [6.45, 7) is 6.76. The van der Waals surface area contributed by atoms with Crippen LogP contribution >= 0.6 is 0 Å². The Morgan fingerprint density at radius 1 is 1.04 bits per heavy atom. The minimum Gasteiger partial charge on any atom is -0.352 e. The lowest BCUT2D eigenvalue weighted by Crippen LogP contribution is -2.25. The normalized spacial score (nSPS) is 10.4. The van der Waals surface area contributed by atoms with E-state index < -0.39 is 0 Å². The van der Waals surface area contributed by atoms with E-state index in [1.807, 2.05) is 25.1 Å². The molecule has 5 nitrogen and oxygen atoms in total. The number of aryl methyl sites for hydroxylation is 2. The second kappa shape index (κ2) is 9.70. The summed E-state index contributed by atoms with van der Waals surface area (Å²) in [5.41, 5.74) is 3.69. The third-order valence-electron chi connectivity index (χ3n) is 4.31. The average molecular weight is 353 g/mol. The lowest BCUT2D eigenvalue weighted by molar-refractivity contribution is 0.0952. The number of hydrogen-bond donors (Lipinski definition) is 2. The number of rotatable bonds is 8. The predicted molar refractivity (Wildman–Crippen MR) is 105 cm³/mol. The van der Waals surface area contributed by atoms with Gasteiger partial charge < -0.3 is 10.6 Å². The number of para-hydroxylation sites is 1. The van der Waals surface area contributed by atoms with E-state index in [0.29, 0.717) is 17.7 Å². The third-order valence-corrected chi connectivity index (χ3v) is 4.31. The molecule has 138 valence electrons. The molecule has 0 saturated heterocycles. The zero-order valence-corrected chi connectivity index (χ0v) is 15.8. The molecule has 0 aliphatic rings. The van der Waals surface area contributed by atoms with Gasteiger partial charge in [-0.2, -0.15) is 0 Å². The molecule has 1 aromatic carbocycles. The van der Waals surface area contributed by atoms with Crippen LogP contribution in [0.25, 0.3) is 0 Å². The summed E-state index contributed by atoms with van der Waals surface area (Å²) >= 11 is 0. The summed E-state index contributed by atoms with van der Waals surface area (Å²) in [5, 5.41) is 5.83. The van der Waals surface area contributed by atoms with Gasteiger partial charge in [0.2, 0.25) is 0 Å². The van der Waals surface area contributed by atoms with Crippen molar-refractivity contribution >= 4 is 17.5 Å². The summed E-state index contributed by atoms with van der Waals surface area (Å²) in [6.07, 6.45) is 6.92. The van der Waals surface area contributed by atoms with Crippen molar-refractivity contribution in [2.24, 2.45) is 0 Å². The highest BCUT2D eigenvalue weighted by atomic mass is 16.2. The lowest BCUT2D eigenvalue weighted by atomic mass is 10.1. The summed E-state index contributed by atoms with van der Waals surface area (Å²) in [5.74, 6) is -0.462.